The van der Waals surface area contributed by atoms with Crippen LogP contribution in [0.3, 0.4) is 0 Å². The summed E-state index contributed by atoms with van der Waals surface area (Å²) in [5.74, 6) is 0.871. The van der Waals surface area contributed by atoms with E-state index in [1.807, 2.05) is 0 Å². The van der Waals surface area contributed by atoms with E-state index < -0.39 is 20.0 Å². The van der Waals surface area contributed by atoms with Crippen LogP contribution in [0.5, 0.6) is 11.5 Å². The van der Waals surface area contributed by atoms with E-state index in [1.54, 1.807) is 30.3 Å². The molecule has 2 N–H and O–H groups in total. The average molecular weight is 487 g/mol. The maximum atomic E-state index is 12.5. The quantitative estimate of drug-likeness (QED) is 0.491. The Hall–Kier alpha value is -2.46. The molecular formula is C19H16Cl2N2O5S2. The Morgan fingerprint density at radius 3 is 1.90 bits per heavy atom. The predicted octanol–water partition coefficient (Wildman–Crippen LogP) is 4.96. The predicted molar refractivity (Wildman–Crippen MR) is 119 cm³/mol. The highest BCUT2D eigenvalue weighted by molar-refractivity contribution is 7.92. The van der Waals surface area contributed by atoms with E-state index in [9.17, 15) is 16.8 Å². The normalized spacial score (nSPS) is 11.7. The van der Waals surface area contributed by atoms with Gasteiger partial charge in [-0.15, -0.1) is 0 Å². The minimum absolute atomic E-state index is 0.0187. The van der Waals surface area contributed by atoms with Gasteiger partial charge in [0.25, 0.3) is 10.0 Å². The van der Waals surface area contributed by atoms with Gasteiger partial charge < -0.3 is 4.74 Å². The molecule has 0 amide bonds. The molecule has 11 heteroatoms. The van der Waals surface area contributed by atoms with Gasteiger partial charge in [-0.2, -0.15) is 0 Å². The fourth-order valence-electron chi connectivity index (χ4n) is 2.41. The molecule has 0 fully saturated rings. The van der Waals surface area contributed by atoms with Crippen molar-refractivity contribution in [1.82, 2.24) is 0 Å². The Morgan fingerprint density at radius 2 is 1.33 bits per heavy atom. The third kappa shape index (κ3) is 6.02. The lowest BCUT2D eigenvalue weighted by atomic mass is 10.3. The van der Waals surface area contributed by atoms with Crippen molar-refractivity contribution in [1.29, 1.82) is 0 Å². The van der Waals surface area contributed by atoms with Crippen molar-refractivity contribution < 1.29 is 21.6 Å². The lowest BCUT2D eigenvalue weighted by molar-refractivity contribution is 0.483. The minimum atomic E-state index is -3.86. The molecule has 0 heterocycles. The highest BCUT2D eigenvalue weighted by atomic mass is 35.5. The molecule has 0 aliphatic heterocycles. The summed E-state index contributed by atoms with van der Waals surface area (Å²) in [6, 6.07) is 16.4. The SMILES string of the molecule is CS(=O)(=O)Nc1ccc(S(=O)(=O)Nc2ccc(Oc3ccc(Cl)cc3Cl)cc2)cc1. The number of benzene rings is 3. The Morgan fingerprint density at radius 1 is 0.767 bits per heavy atom. The molecule has 0 atom stereocenters. The molecule has 0 bridgehead atoms. The van der Waals surface area contributed by atoms with E-state index in [1.165, 1.54) is 36.4 Å². The minimum Gasteiger partial charge on any atom is -0.456 e. The van der Waals surface area contributed by atoms with Crippen molar-refractivity contribution in [2.45, 2.75) is 4.90 Å². The number of rotatable bonds is 7. The standard InChI is InChI=1S/C19H16Cl2N2O5S2/c1-29(24,25)22-14-5-9-17(10-6-14)30(26,27)23-15-3-7-16(8-4-15)28-19-11-2-13(20)12-18(19)21/h2-12,22-23H,1H3. The zero-order chi connectivity index (χ0) is 21.9. The molecular weight excluding hydrogens is 471 g/mol. The Kier molecular flexibility index (Phi) is 6.47. The van der Waals surface area contributed by atoms with Crippen LogP contribution in [-0.2, 0) is 20.0 Å². The molecule has 0 aromatic heterocycles. The van der Waals surface area contributed by atoms with Gasteiger partial charge in [0.1, 0.15) is 11.5 Å². The summed E-state index contributed by atoms with van der Waals surface area (Å²) >= 11 is 11.9. The molecule has 3 rings (SSSR count). The van der Waals surface area contributed by atoms with Gasteiger partial charge in [-0.1, -0.05) is 23.2 Å². The number of sulfonamides is 2. The van der Waals surface area contributed by atoms with Gasteiger partial charge in [0.2, 0.25) is 10.0 Å². The first-order valence-corrected chi connectivity index (χ1v) is 12.5. The second-order valence-electron chi connectivity index (χ2n) is 6.21. The smallest absolute Gasteiger partial charge is 0.261 e. The summed E-state index contributed by atoms with van der Waals surface area (Å²) < 4.78 is 57.9. The van der Waals surface area contributed by atoms with Gasteiger partial charge in [-0.3, -0.25) is 9.44 Å². The average Bonchev–Trinajstić information content (AvgIpc) is 2.64. The van der Waals surface area contributed by atoms with Crippen LogP contribution >= 0.6 is 23.2 Å². The van der Waals surface area contributed by atoms with E-state index in [0.29, 0.717) is 27.2 Å². The Labute approximate surface area is 184 Å². The first-order chi connectivity index (χ1) is 14.0. The molecule has 0 aliphatic rings. The van der Waals surface area contributed by atoms with Crippen LogP contribution in [0.4, 0.5) is 11.4 Å². The topological polar surface area (TPSA) is 102 Å². The van der Waals surface area contributed by atoms with Crippen LogP contribution in [0.25, 0.3) is 0 Å². The zero-order valence-corrected chi connectivity index (χ0v) is 18.6. The monoisotopic (exact) mass is 486 g/mol. The first-order valence-electron chi connectivity index (χ1n) is 8.35. The summed E-state index contributed by atoms with van der Waals surface area (Å²) in [4.78, 5) is -0.0187. The zero-order valence-electron chi connectivity index (χ0n) is 15.5. The molecule has 0 aliphatic carbocycles. The van der Waals surface area contributed by atoms with Gasteiger partial charge in [0.05, 0.1) is 16.2 Å². The molecule has 30 heavy (non-hydrogen) atoms. The Balaban J connectivity index is 1.71. The lowest BCUT2D eigenvalue weighted by Crippen LogP contribution is -2.13. The molecule has 3 aromatic carbocycles. The number of anilines is 2. The van der Waals surface area contributed by atoms with E-state index in [-0.39, 0.29) is 10.6 Å². The van der Waals surface area contributed by atoms with Crippen LogP contribution in [-0.4, -0.2) is 23.1 Å². The number of hydrogen-bond donors (Lipinski definition) is 2. The molecule has 0 saturated heterocycles. The lowest BCUT2D eigenvalue weighted by Gasteiger charge is -2.11. The summed E-state index contributed by atoms with van der Waals surface area (Å²) in [6.07, 6.45) is 1.01. The van der Waals surface area contributed by atoms with Crippen LogP contribution in [0.15, 0.2) is 71.6 Å². The van der Waals surface area contributed by atoms with Gasteiger partial charge in [-0.25, -0.2) is 16.8 Å². The van der Waals surface area contributed by atoms with Crippen molar-refractivity contribution in [2.24, 2.45) is 0 Å². The van der Waals surface area contributed by atoms with Gasteiger partial charge >= 0.3 is 0 Å². The second kappa shape index (κ2) is 8.73. The Bertz CT molecular complexity index is 1260. The van der Waals surface area contributed by atoms with Crippen LogP contribution in [0, 0.1) is 0 Å². The van der Waals surface area contributed by atoms with Crippen molar-refractivity contribution in [2.75, 3.05) is 15.7 Å². The molecule has 158 valence electrons. The van der Waals surface area contributed by atoms with Crippen molar-refractivity contribution in [3.05, 3.63) is 76.8 Å². The highest BCUT2D eigenvalue weighted by Gasteiger charge is 2.15. The van der Waals surface area contributed by atoms with Crippen LogP contribution < -0.4 is 14.2 Å². The van der Waals surface area contributed by atoms with E-state index >= 15 is 0 Å². The van der Waals surface area contributed by atoms with Crippen molar-refractivity contribution in [3.63, 3.8) is 0 Å². The number of ether oxygens (including phenoxy) is 1. The molecule has 0 radical (unpaired) electrons. The summed E-state index contributed by atoms with van der Waals surface area (Å²) in [7, 11) is -7.31. The molecule has 0 spiro atoms. The molecule has 3 aromatic rings. The van der Waals surface area contributed by atoms with E-state index in [2.05, 4.69) is 9.44 Å². The van der Waals surface area contributed by atoms with Crippen LogP contribution in [0.2, 0.25) is 10.0 Å². The summed E-state index contributed by atoms with van der Waals surface area (Å²) in [6.45, 7) is 0. The van der Waals surface area contributed by atoms with Crippen molar-refractivity contribution >= 4 is 54.6 Å². The third-order valence-electron chi connectivity index (χ3n) is 3.70. The van der Waals surface area contributed by atoms with Crippen LogP contribution in [0.1, 0.15) is 0 Å². The van der Waals surface area contributed by atoms with E-state index in [4.69, 9.17) is 27.9 Å². The molecule has 0 unspecified atom stereocenters. The second-order valence-corrected chi connectivity index (χ2v) is 10.5. The fraction of sp³-hybridized carbons (Fsp3) is 0.0526. The van der Waals surface area contributed by atoms with Gasteiger partial charge in [0, 0.05) is 16.4 Å². The summed E-state index contributed by atoms with van der Waals surface area (Å²) in [5, 5.41) is 0.832. The largest absolute Gasteiger partial charge is 0.456 e. The van der Waals surface area contributed by atoms with Gasteiger partial charge in [0.15, 0.2) is 0 Å². The van der Waals surface area contributed by atoms with Gasteiger partial charge in [-0.05, 0) is 66.7 Å². The third-order valence-corrected chi connectivity index (χ3v) is 6.23. The number of halogens is 2. The maximum absolute atomic E-state index is 12.5. The highest BCUT2D eigenvalue weighted by Crippen LogP contribution is 2.32. The maximum Gasteiger partial charge on any atom is 0.261 e. The molecule has 0 saturated carbocycles. The first kappa shape index (κ1) is 22.2. The van der Waals surface area contributed by atoms with E-state index in [0.717, 1.165) is 6.26 Å². The number of nitrogens with one attached hydrogen (secondary N) is 2. The van der Waals surface area contributed by atoms with Crippen molar-refractivity contribution in [3.8, 4) is 11.5 Å². The summed E-state index contributed by atoms with van der Waals surface area (Å²) in [5.41, 5.74) is 0.585. The molecule has 7 nitrogen and oxygen atoms in total. The fourth-order valence-corrected chi connectivity index (χ4v) is 4.48. The number of hydrogen-bond acceptors (Lipinski definition) is 5.